The van der Waals surface area contributed by atoms with Crippen LogP contribution >= 0.6 is 11.8 Å². The van der Waals surface area contributed by atoms with Crippen molar-refractivity contribution in [2.75, 3.05) is 24.6 Å². The van der Waals surface area contributed by atoms with Crippen LogP contribution in [-0.2, 0) is 9.47 Å². The van der Waals surface area contributed by atoms with Crippen LogP contribution in [0.4, 0.5) is 10.7 Å². The number of anilines is 1. The molecule has 0 radical (unpaired) electrons. The molecule has 2 N–H and O–H groups in total. The molecule has 0 aromatic carbocycles. The molecule has 2 fully saturated rings. The lowest BCUT2D eigenvalue weighted by molar-refractivity contribution is 0.0385. The minimum absolute atomic E-state index is 0.132. The van der Waals surface area contributed by atoms with Crippen LogP contribution in [0.15, 0.2) is 47.0 Å². The summed E-state index contributed by atoms with van der Waals surface area (Å²) in [4.78, 5) is 38.3. The Kier molecular flexibility index (Phi) is 6.18. The van der Waals surface area contributed by atoms with E-state index in [9.17, 15) is 4.79 Å². The molecule has 2 unspecified atom stereocenters. The molecule has 0 aliphatic carbocycles. The van der Waals surface area contributed by atoms with E-state index in [1.807, 2.05) is 43.6 Å². The average molecular weight is 537 g/mol. The maximum atomic E-state index is 12.8. The number of nitrogens with one attached hydrogen (secondary N) is 2. The summed E-state index contributed by atoms with van der Waals surface area (Å²) in [5.41, 5.74) is 1.67. The second-order valence-corrected chi connectivity index (χ2v) is 12.2. The number of fused-ring (bicyclic) bond motifs is 2. The molecule has 38 heavy (non-hydrogen) atoms. The smallest absolute Gasteiger partial charge is 0.407 e. The van der Waals surface area contributed by atoms with Crippen LogP contribution in [0, 0.1) is 5.41 Å². The van der Waals surface area contributed by atoms with Gasteiger partial charge in [0.05, 0.1) is 30.0 Å². The molecule has 0 bridgehead atoms. The number of pyridine rings is 1. The molecule has 2 aliphatic rings. The highest BCUT2D eigenvalue weighted by atomic mass is 32.2. The SMILES string of the molecule is C[C@H]1CC2(CCN(c3ncc(Sc4ccnc5[nH]cnc45)c4nccn34)CC2NC(=O)OC(C)(C)C)CO1. The molecule has 200 valence electrons. The first-order chi connectivity index (χ1) is 18.2. The number of amides is 1. The van der Waals surface area contributed by atoms with Gasteiger partial charge in [0.1, 0.15) is 11.1 Å². The number of carbonyl (C=O) groups is 1. The Bertz CT molecular complexity index is 1480. The third-order valence-electron chi connectivity index (χ3n) is 7.22. The summed E-state index contributed by atoms with van der Waals surface area (Å²) < 4.78 is 13.6. The van der Waals surface area contributed by atoms with Gasteiger partial charge in [-0.2, -0.15) is 0 Å². The van der Waals surface area contributed by atoms with Gasteiger partial charge in [-0.1, -0.05) is 11.8 Å². The van der Waals surface area contributed by atoms with Crippen molar-refractivity contribution >= 4 is 40.6 Å². The van der Waals surface area contributed by atoms with Gasteiger partial charge in [0, 0.05) is 48.2 Å². The number of piperidine rings is 1. The van der Waals surface area contributed by atoms with E-state index in [1.54, 1.807) is 30.5 Å². The second kappa shape index (κ2) is 9.42. The van der Waals surface area contributed by atoms with Gasteiger partial charge in [-0.25, -0.2) is 24.7 Å². The number of alkyl carbamates (subject to hydrolysis) is 1. The molecule has 3 atom stereocenters. The topological polar surface area (TPSA) is 123 Å². The van der Waals surface area contributed by atoms with Crippen molar-refractivity contribution in [1.29, 1.82) is 0 Å². The van der Waals surface area contributed by atoms with Crippen LogP contribution < -0.4 is 10.2 Å². The van der Waals surface area contributed by atoms with E-state index >= 15 is 0 Å². The standard InChI is InChI=1S/C26H32N8O3S/c1-16-11-26(14-36-16)6-9-33(13-19(26)32-24(35)37-25(2,3)4)23-29-12-18(22-28-8-10-34(22)23)38-17-5-7-27-21-20(17)30-15-31-21/h5,7-8,10,12,15-16,19H,6,9,11,13-14H2,1-4H3,(H,32,35)(H,27,30,31)/t16-,19?,26?/m0/s1. The fourth-order valence-corrected chi connectivity index (χ4v) is 6.46. The normalized spacial score (nSPS) is 23.9. The zero-order valence-electron chi connectivity index (χ0n) is 22.0. The first kappa shape index (κ1) is 24.9. The van der Waals surface area contributed by atoms with Gasteiger partial charge in [0.15, 0.2) is 11.3 Å². The fourth-order valence-electron chi connectivity index (χ4n) is 5.50. The highest BCUT2D eigenvalue weighted by molar-refractivity contribution is 7.99. The summed E-state index contributed by atoms with van der Waals surface area (Å²) in [7, 11) is 0. The number of nitrogens with zero attached hydrogens (tertiary/aromatic N) is 6. The number of imidazole rings is 2. The quantitative estimate of drug-likeness (QED) is 0.398. The maximum absolute atomic E-state index is 12.8. The van der Waals surface area contributed by atoms with Gasteiger partial charge in [0.2, 0.25) is 5.95 Å². The van der Waals surface area contributed by atoms with Crippen LogP contribution in [0.25, 0.3) is 16.8 Å². The summed E-state index contributed by atoms with van der Waals surface area (Å²) in [5.74, 6) is 0.791. The highest BCUT2D eigenvalue weighted by Crippen LogP contribution is 2.43. The monoisotopic (exact) mass is 536 g/mol. The number of aromatic nitrogens is 6. The number of aromatic amines is 1. The number of carbonyl (C=O) groups excluding carboxylic acids is 1. The molecule has 6 rings (SSSR count). The molecule has 1 amide bonds. The van der Waals surface area contributed by atoms with Crippen LogP contribution in [0.3, 0.4) is 0 Å². The first-order valence-electron chi connectivity index (χ1n) is 12.8. The summed E-state index contributed by atoms with van der Waals surface area (Å²) in [6.07, 6.45) is 10.5. The third-order valence-corrected chi connectivity index (χ3v) is 8.28. The lowest BCUT2D eigenvalue weighted by Crippen LogP contribution is -2.60. The Morgan fingerprint density at radius 3 is 2.89 bits per heavy atom. The number of rotatable bonds is 4. The molecule has 0 saturated carbocycles. The molecule has 2 aliphatic heterocycles. The Morgan fingerprint density at radius 2 is 2.11 bits per heavy atom. The zero-order valence-corrected chi connectivity index (χ0v) is 22.8. The Morgan fingerprint density at radius 1 is 1.24 bits per heavy atom. The predicted octanol–water partition coefficient (Wildman–Crippen LogP) is 4.05. The minimum Gasteiger partial charge on any atom is -0.444 e. The summed E-state index contributed by atoms with van der Waals surface area (Å²) in [6, 6.07) is 1.80. The van der Waals surface area contributed by atoms with E-state index < -0.39 is 11.7 Å². The molecule has 2 saturated heterocycles. The molecule has 6 heterocycles. The Hall–Kier alpha value is -3.38. The van der Waals surface area contributed by atoms with Crippen LogP contribution in [0.5, 0.6) is 0 Å². The van der Waals surface area contributed by atoms with Gasteiger partial charge < -0.3 is 24.7 Å². The Balaban J connectivity index is 1.28. The second-order valence-electron chi connectivity index (χ2n) is 11.1. The predicted molar refractivity (Wildman–Crippen MR) is 143 cm³/mol. The number of ether oxygens (including phenoxy) is 2. The van der Waals surface area contributed by atoms with Gasteiger partial charge in [-0.15, -0.1) is 0 Å². The number of H-pyrrole nitrogens is 1. The van der Waals surface area contributed by atoms with Crippen molar-refractivity contribution in [3.05, 3.63) is 37.2 Å². The molecule has 1 spiro atoms. The largest absolute Gasteiger partial charge is 0.444 e. The first-order valence-corrected chi connectivity index (χ1v) is 13.7. The van der Waals surface area contributed by atoms with Crippen molar-refractivity contribution in [1.82, 2.24) is 34.6 Å². The number of hydrogen-bond donors (Lipinski definition) is 2. The van der Waals surface area contributed by atoms with E-state index in [2.05, 4.69) is 37.1 Å². The van der Waals surface area contributed by atoms with Crippen molar-refractivity contribution < 1.29 is 14.3 Å². The van der Waals surface area contributed by atoms with Crippen molar-refractivity contribution in [3.63, 3.8) is 0 Å². The van der Waals surface area contributed by atoms with Gasteiger partial charge in [-0.05, 0) is 46.6 Å². The minimum atomic E-state index is -0.570. The van der Waals surface area contributed by atoms with E-state index in [0.717, 1.165) is 51.9 Å². The third kappa shape index (κ3) is 4.66. The van der Waals surface area contributed by atoms with Crippen LogP contribution in [0.1, 0.15) is 40.5 Å². The Labute approximate surface area is 224 Å². The van der Waals surface area contributed by atoms with E-state index in [4.69, 9.17) is 14.5 Å². The average Bonchev–Trinajstić information content (AvgIpc) is 3.60. The van der Waals surface area contributed by atoms with E-state index in [1.165, 1.54) is 0 Å². The number of hydrogen-bond acceptors (Lipinski definition) is 9. The van der Waals surface area contributed by atoms with Gasteiger partial charge >= 0.3 is 6.09 Å². The molecule has 12 heteroatoms. The summed E-state index contributed by atoms with van der Waals surface area (Å²) in [6.45, 7) is 9.74. The zero-order chi connectivity index (χ0) is 26.5. The molecule has 4 aromatic rings. The summed E-state index contributed by atoms with van der Waals surface area (Å²) >= 11 is 1.56. The lowest BCUT2D eigenvalue weighted by Gasteiger charge is -2.45. The van der Waals surface area contributed by atoms with Crippen molar-refractivity contribution in [3.8, 4) is 0 Å². The maximum Gasteiger partial charge on any atom is 0.407 e. The molecular formula is C26H32N8O3S. The molecular weight excluding hydrogens is 504 g/mol. The molecule has 11 nitrogen and oxygen atoms in total. The highest BCUT2D eigenvalue weighted by Gasteiger charge is 2.49. The lowest BCUT2D eigenvalue weighted by atomic mass is 9.73. The van der Waals surface area contributed by atoms with Crippen LogP contribution in [-0.4, -0.2) is 72.9 Å². The van der Waals surface area contributed by atoms with Crippen molar-refractivity contribution in [2.24, 2.45) is 5.41 Å². The fraction of sp³-hybridized carbons (Fsp3) is 0.500. The van der Waals surface area contributed by atoms with Gasteiger partial charge in [-0.3, -0.25) is 4.40 Å². The summed E-state index contributed by atoms with van der Waals surface area (Å²) in [5, 5.41) is 3.17. The van der Waals surface area contributed by atoms with Crippen molar-refractivity contribution in [2.45, 2.75) is 68.1 Å². The molecule has 4 aromatic heterocycles. The van der Waals surface area contributed by atoms with E-state index in [-0.39, 0.29) is 17.6 Å². The van der Waals surface area contributed by atoms with E-state index in [0.29, 0.717) is 13.2 Å². The van der Waals surface area contributed by atoms with Crippen LogP contribution in [0.2, 0.25) is 0 Å². The van der Waals surface area contributed by atoms with Gasteiger partial charge in [0.25, 0.3) is 0 Å².